The molecule has 0 aliphatic carbocycles. The number of nitrogens with one attached hydrogen (secondary N) is 1. The normalized spacial score (nSPS) is 11.7. The zero-order valence-electron chi connectivity index (χ0n) is 16.2. The molecule has 0 aliphatic rings. The second-order valence-corrected chi connectivity index (χ2v) is 6.39. The van der Waals surface area contributed by atoms with E-state index in [-0.39, 0.29) is 11.6 Å². The molecule has 1 unspecified atom stereocenters. The first kappa shape index (κ1) is 20.3. The summed E-state index contributed by atoms with van der Waals surface area (Å²) < 4.78 is 28.9. The van der Waals surface area contributed by atoms with Crippen LogP contribution in [0.5, 0.6) is 11.5 Å². The van der Waals surface area contributed by atoms with Crippen molar-refractivity contribution < 1.29 is 23.3 Å². The van der Waals surface area contributed by atoms with Gasteiger partial charge in [-0.2, -0.15) is 0 Å². The van der Waals surface area contributed by atoms with Gasteiger partial charge in [0.25, 0.3) is 5.91 Å². The fourth-order valence-corrected chi connectivity index (χ4v) is 2.49. The third-order valence-corrected chi connectivity index (χ3v) is 4.12. The van der Waals surface area contributed by atoms with Crippen LogP contribution in [-0.2, 0) is 4.79 Å². The van der Waals surface area contributed by atoms with Gasteiger partial charge in [-0.25, -0.2) is 9.02 Å². The standard InChI is InChI=1S/C21H22FN3O4/c1-3-4-13-27-17-9-5-15(6-10-17)19-20(25-29-24-19)23-21(26)14(2)28-18-11-7-16(22)8-12-18/h5-12,14H,3-4,13H2,1-2H3,(H,23,25,26). The smallest absolute Gasteiger partial charge is 0.266 e. The number of rotatable bonds is 9. The van der Waals surface area contributed by atoms with Crippen LogP contribution in [0.1, 0.15) is 26.7 Å². The summed E-state index contributed by atoms with van der Waals surface area (Å²) in [7, 11) is 0. The molecule has 0 aliphatic heterocycles. The van der Waals surface area contributed by atoms with Gasteiger partial charge in [-0.05, 0) is 72.2 Å². The summed E-state index contributed by atoms with van der Waals surface area (Å²) >= 11 is 0. The molecule has 0 saturated carbocycles. The lowest BCUT2D eigenvalue weighted by Crippen LogP contribution is -2.30. The number of hydrogen-bond donors (Lipinski definition) is 1. The van der Waals surface area contributed by atoms with Gasteiger partial charge in [-0.3, -0.25) is 4.79 Å². The highest BCUT2D eigenvalue weighted by atomic mass is 19.1. The van der Waals surface area contributed by atoms with E-state index in [9.17, 15) is 9.18 Å². The number of carbonyl (C=O) groups excluding carboxylic acids is 1. The average molecular weight is 399 g/mol. The van der Waals surface area contributed by atoms with Crippen LogP contribution in [0.25, 0.3) is 11.3 Å². The minimum absolute atomic E-state index is 0.184. The highest BCUT2D eigenvalue weighted by Gasteiger charge is 2.20. The molecule has 3 rings (SSSR count). The number of benzene rings is 2. The lowest BCUT2D eigenvalue weighted by atomic mass is 10.1. The molecule has 8 heteroatoms. The molecule has 3 aromatic rings. The lowest BCUT2D eigenvalue weighted by Gasteiger charge is -2.13. The summed E-state index contributed by atoms with van der Waals surface area (Å²) in [6, 6.07) is 12.7. The van der Waals surface area contributed by atoms with Crippen LogP contribution in [-0.4, -0.2) is 28.9 Å². The Hall–Kier alpha value is -3.42. The Morgan fingerprint density at radius 2 is 1.79 bits per heavy atom. The Bertz CT molecular complexity index is 926. The van der Waals surface area contributed by atoms with Crippen LogP contribution < -0.4 is 14.8 Å². The van der Waals surface area contributed by atoms with E-state index in [0.29, 0.717) is 18.1 Å². The molecule has 0 spiro atoms. The number of nitrogens with zero attached hydrogens (tertiary/aromatic N) is 2. The highest BCUT2D eigenvalue weighted by Crippen LogP contribution is 2.26. The quantitative estimate of drug-likeness (QED) is 0.535. The molecule has 1 N–H and O–H groups in total. The third-order valence-electron chi connectivity index (χ3n) is 4.12. The van der Waals surface area contributed by atoms with Crippen molar-refractivity contribution in [2.75, 3.05) is 11.9 Å². The van der Waals surface area contributed by atoms with E-state index in [1.54, 1.807) is 6.92 Å². The maximum absolute atomic E-state index is 13.0. The maximum atomic E-state index is 13.0. The second-order valence-electron chi connectivity index (χ2n) is 6.39. The Kier molecular flexibility index (Phi) is 6.78. The Labute approximate surface area is 167 Å². The molecule has 152 valence electrons. The summed E-state index contributed by atoms with van der Waals surface area (Å²) in [6.45, 7) is 4.34. The SMILES string of the molecule is CCCCOc1ccc(-c2nonc2NC(=O)C(C)Oc2ccc(F)cc2)cc1. The Morgan fingerprint density at radius 1 is 1.10 bits per heavy atom. The van der Waals surface area contributed by atoms with Crippen LogP contribution >= 0.6 is 0 Å². The van der Waals surface area contributed by atoms with Gasteiger partial charge in [-0.1, -0.05) is 13.3 Å². The maximum Gasteiger partial charge on any atom is 0.266 e. The van der Waals surface area contributed by atoms with Crippen molar-refractivity contribution in [2.45, 2.75) is 32.8 Å². The molecular formula is C21H22FN3O4. The molecule has 7 nitrogen and oxygen atoms in total. The van der Waals surface area contributed by atoms with Crippen LogP contribution in [0, 0.1) is 5.82 Å². The van der Waals surface area contributed by atoms with Gasteiger partial charge in [0.05, 0.1) is 6.61 Å². The molecule has 1 aromatic heterocycles. The number of unbranched alkanes of at least 4 members (excludes halogenated alkanes) is 1. The minimum atomic E-state index is -0.834. The van der Waals surface area contributed by atoms with E-state index in [2.05, 4.69) is 22.6 Å². The summed E-state index contributed by atoms with van der Waals surface area (Å²) in [6.07, 6.45) is 1.22. The van der Waals surface area contributed by atoms with Crippen LogP contribution in [0.4, 0.5) is 10.2 Å². The molecule has 1 amide bonds. The number of amides is 1. The van der Waals surface area contributed by atoms with Crippen molar-refractivity contribution in [3.63, 3.8) is 0 Å². The monoisotopic (exact) mass is 399 g/mol. The van der Waals surface area contributed by atoms with Gasteiger partial charge < -0.3 is 14.8 Å². The van der Waals surface area contributed by atoms with Crippen molar-refractivity contribution in [3.8, 4) is 22.8 Å². The van der Waals surface area contributed by atoms with Crippen molar-refractivity contribution >= 4 is 11.7 Å². The highest BCUT2D eigenvalue weighted by molar-refractivity contribution is 5.95. The fraction of sp³-hybridized carbons (Fsp3) is 0.286. The zero-order valence-corrected chi connectivity index (χ0v) is 16.2. The second kappa shape index (κ2) is 9.68. The van der Waals surface area contributed by atoms with Gasteiger partial charge in [0.2, 0.25) is 5.82 Å². The first-order valence-corrected chi connectivity index (χ1v) is 9.35. The zero-order chi connectivity index (χ0) is 20.6. The molecule has 1 atom stereocenters. The largest absolute Gasteiger partial charge is 0.494 e. The fourth-order valence-electron chi connectivity index (χ4n) is 2.49. The predicted molar refractivity (Wildman–Crippen MR) is 105 cm³/mol. The first-order chi connectivity index (χ1) is 14.1. The molecule has 1 heterocycles. The minimum Gasteiger partial charge on any atom is -0.494 e. The number of aromatic nitrogens is 2. The van der Waals surface area contributed by atoms with Crippen molar-refractivity contribution in [3.05, 3.63) is 54.3 Å². The summed E-state index contributed by atoms with van der Waals surface area (Å²) in [5, 5.41) is 10.3. The van der Waals surface area contributed by atoms with Gasteiger partial charge in [0, 0.05) is 5.56 Å². The van der Waals surface area contributed by atoms with Crippen LogP contribution in [0.15, 0.2) is 53.2 Å². The van der Waals surface area contributed by atoms with Gasteiger partial charge in [0.15, 0.2) is 11.8 Å². The van der Waals surface area contributed by atoms with Crippen molar-refractivity contribution in [1.82, 2.24) is 10.3 Å². The molecule has 0 radical (unpaired) electrons. The number of hydrogen-bond acceptors (Lipinski definition) is 6. The molecule has 29 heavy (non-hydrogen) atoms. The summed E-state index contributed by atoms with van der Waals surface area (Å²) in [5.41, 5.74) is 1.11. The Balaban J connectivity index is 1.63. The van der Waals surface area contributed by atoms with E-state index in [4.69, 9.17) is 14.1 Å². The van der Waals surface area contributed by atoms with E-state index < -0.39 is 12.0 Å². The molecule has 0 saturated heterocycles. The van der Waals surface area contributed by atoms with E-state index in [1.807, 2.05) is 24.3 Å². The molecule has 0 fully saturated rings. The first-order valence-electron chi connectivity index (χ1n) is 9.35. The molecular weight excluding hydrogens is 377 g/mol. The van der Waals surface area contributed by atoms with Crippen molar-refractivity contribution in [2.24, 2.45) is 0 Å². The van der Waals surface area contributed by atoms with Crippen LogP contribution in [0.2, 0.25) is 0 Å². The number of ether oxygens (including phenoxy) is 2. The molecule has 2 aromatic carbocycles. The Morgan fingerprint density at radius 3 is 2.48 bits per heavy atom. The van der Waals surface area contributed by atoms with Crippen LogP contribution in [0.3, 0.4) is 0 Å². The van der Waals surface area contributed by atoms with Gasteiger partial charge in [-0.15, -0.1) is 0 Å². The summed E-state index contributed by atoms with van der Waals surface area (Å²) in [4.78, 5) is 12.4. The van der Waals surface area contributed by atoms with Gasteiger partial charge >= 0.3 is 0 Å². The molecule has 0 bridgehead atoms. The third kappa shape index (κ3) is 5.54. The van der Waals surface area contributed by atoms with E-state index in [1.165, 1.54) is 24.3 Å². The number of halogens is 1. The average Bonchev–Trinajstić information content (AvgIpc) is 3.18. The van der Waals surface area contributed by atoms with Crippen molar-refractivity contribution in [1.29, 1.82) is 0 Å². The lowest BCUT2D eigenvalue weighted by molar-refractivity contribution is -0.122. The topological polar surface area (TPSA) is 86.5 Å². The number of carbonyl (C=O) groups is 1. The predicted octanol–water partition coefficient (Wildman–Crippen LogP) is 4.46. The number of anilines is 1. The van der Waals surface area contributed by atoms with E-state index in [0.717, 1.165) is 24.2 Å². The summed E-state index contributed by atoms with van der Waals surface area (Å²) in [5.74, 6) is 0.501. The van der Waals surface area contributed by atoms with E-state index >= 15 is 0 Å². The van der Waals surface area contributed by atoms with Gasteiger partial charge in [0.1, 0.15) is 17.3 Å².